The number of hydrogen-bond donors (Lipinski definition) is 3. The first-order valence-electron chi connectivity index (χ1n) is 13.9. The predicted molar refractivity (Wildman–Crippen MR) is 139 cm³/mol. The Kier molecular flexibility index (Phi) is 8.28. The Bertz CT molecular complexity index is 1100. The van der Waals surface area contributed by atoms with E-state index in [0.717, 1.165) is 56.5 Å². The molecule has 3 aliphatic rings. The quantitative estimate of drug-likeness (QED) is 0.345. The SMILES string of the molecule is O[C@H]1CC[C@H](Nc2nc(Nc3cccc(C(F)(F)F)c3)ncc2C2CCN(C3CCC(F)(F)CC3)CC2)CC1. The van der Waals surface area contributed by atoms with Crippen LogP contribution in [0.25, 0.3) is 0 Å². The monoisotopic (exact) mass is 553 g/mol. The molecule has 3 fully saturated rings. The van der Waals surface area contributed by atoms with Crippen LogP contribution in [0.3, 0.4) is 0 Å². The number of piperidine rings is 1. The molecule has 214 valence electrons. The topological polar surface area (TPSA) is 73.3 Å². The molecule has 1 aromatic heterocycles. The first-order valence-corrected chi connectivity index (χ1v) is 13.9. The van der Waals surface area contributed by atoms with Gasteiger partial charge in [0.05, 0.1) is 11.7 Å². The summed E-state index contributed by atoms with van der Waals surface area (Å²) < 4.78 is 66.8. The van der Waals surface area contributed by atoms with E-state index in [0.29, 0.717) is 31.5 Å². The van der Waals surface area contributed by atoms with Crippen molar-refractivity contribution in [1.29, 1.82) is 0 Å². The van der Waals surface area contributed by atoms with Crippen molar-refractivity contribution in [2.45, 2.75) is 100 Å². The van der Waals surface area contributed by atoms with E-state index in [9.17, 15) is 27.1 Å². The zero-order valence-electron chi connectivity index (χ0n) is 21.9. The van der Waals surface area contributed by atoms with E-state index in [4.69, 9.17) is 4.98 Å². The molecule has 11 heteroatoms. The van der Waals surface area contributed by atoms with Crippen molar-refractivity contribution in [2.24, 2.45) is 0 Å². The molecule has 5 rings (SSSR count). The molecule has 0 bridgehead atoms. The number of benzene rings is 1. The van der Waals surface area contributed by atoms with Gasteiger partial charge in [0.2, 0.25) is 11.9 Å². The molecule has 1 saturated heterocycles. The third-order valence-corrected chi connectivity index (χ3v) is 8.47. The van der Waals surface area contributed by atoms with Crippen molar-refractivity contribution in [1.82, 2.24) is 14.9 Å². The molecule has 0 amide bonds. The third-order valence-electron chi connectivity index (χ3n) is 8.47. The van der Waals surface area contributed by atoms with Crippen LogP contribution in [0.4, 0.5) is 39.4 Å². The van der Waals surface area contributed by atoms with Crippen LogP contribution in [0, 0.1) is 0 Å². The van der Waals surface area contributed by atoms with Crippen molar-refractivity contribution in [3.8, 4) is 0 Å². The fourth-order valence-corrected chi connectivity index (χ4v) is 6.15. The lowest BCUT2D eigenvalue weighted by atomic mass is 9.86. The Labute approximate surface area is 225 Å². The summed E-state index contributed by atoms with van der Waals surface area (Å²) in [6, 6.07) is 5.26. The average Bonchev–Trinajstić information content (AvgIpc) is 2.90. The van der Waals surface area contributed by atoms with E-state index in [-0.39, 0.29) is 48.6 Å². The van der Waals surface area contributed by atoms with Crippen LogP contribution in [0.5, 0.6) is 0 Å². The van der Waals surface area contributed by atoms with Crippen LogP contribution in [0.2, 0.25) is 0 Å². The number of nitrogens with one attached hydrogen (secondary N) is 2. The minimum absolute atomic E-state index is 0.0457. The summed E-state index contributed by atoms with van der Waals surface area (Å²) in [6.07, 6.45) is 2.67. The Morgan fingerprint density at radius 1 is 0.949 bits per heavy atom. The number of rotatable bonds is 6. The standard InChI is InChI=1S/C28H36F5N5O/c29-27(30)12-8-22(9-13-27)38-14-10-18(11-15-38)24-17-34-26(36-21-3-1-2-19(16-21)28(31,32)33)37-25(24)35-20-4-6-23(39)7-5-20/h1-3,16-18,20,22-23,39H,4-15H2,(H2,34,35,36,37)/t20-,23-. The summed E-state index contributed by atoms with van der Waals surface area (Å²) >= 11 is 0. The number of aromatic nitrogens is 2. The molecule has 6 nitrogen and oxygen atoms in total. The van der Waals surface area contributed by atoms with Gasteiger partial charge in [-0.2, -0.15) is 18.2 Å². The van der Waals surface area contributed by atoms with Gasteiger partial charge in [0.15, 0.2) is 0 Å². The van der Waals surface area contributed by atoms with E-state index in [1.807, 2.05) is 0 Å². The number of aliphatic hydroxyl groups excluding tert-OH is 1. The van der Waals surface area contributed by atoms with Gasteiger partial charge in [-0.1, -0.05) is 6.07 Å². The van der Waals surface area contributed by atoms with Crippen molar-refractivity contribution >= 4 is 17.5 Å². The normalized spacial score (nSPS) is 25.4. The molecule has 0 spiro atoms. The Balaban J connectivity index is 1.31. The molecular weight excluding hydrogens is 517 g/mol. The van der Waals surface area contributed by atoms with Crippen LogP contribution in [0.1, 0.15) is 81.3 Å². The highest BCUT2D eigenvalue weighted by Gasteiger charge is 2.38. The van der Waals surface area contributed by atoms with Crippen LogP contribution in [0.15, 0.2) is 30.5 Å². The van der Waals surface area contributed by atoms with Gasteiger partial charge in [0, 0.05) is 42.4 Å². The summed E-state index contributed by atoms with van der Waals surface area (Å²) in [5.74, 6) is -1.48. The van der Waals surface area contributed by atoms with E-state index in [1.54, 1.807) is 12.3 Å². The largest absolute Gasteiger partial charge is 0.416 e. The second-order valence-electron chi connectivity index (χ2n) is 11.2. The zero-order valence-corrected chi connectivity index (χ0v) is 21.9. The molecular formula is C28H36F5N5O. The first kappa shape index (κ1) is 28.0. The van der Waals surface area contributed by atoms with Gasteiger partial charge in [0.25, 0.3) is 0 Å². The van der Waals surface area contributed by atoms with Gasteiger partial charge < -0.3 is 20.6 Å². The smallest absolute Gasteiger partial charge is 0.393 e. The van der Waals surface area contributed by atoms with Crippen molar-refractivity contribution in [3.05, 3.63) is 41.6 Å². The van der Waals surface area contributed by atoms with E-state index in [2.05, 4.69) is 20.5 Å². The summed E-state index contributed by atoms with van der Waals surface area (Å²) in [7, 11) is 0. The lowest BCUT2D eigenvalue weighted by Gasteiger charge is -2.41. The second-order valence-corrected chi connectivity index (χ2v) is 11.2. The molecule has 39 heavy (non-hydrogen) atoms. The zero-order chi connectivity index (χ0) is 27.6. The maximum Gasteiger partial charge on any atom is 0.416 e. The molecule has 0 radical (unpaired) electrons. The maximum absolute atomic E-state index is 13.6. The highest BCUT2D eigenvalue weighted by atomic mass is 19.4. The number of alkyl halides is 5. The second kappa shape index (κ2) is 11.5. The van der Waals surface area contributed by atoms with Gasteiger partial charge in [-0.25, -0.2) is 13.8 Å². The van der Waals surface area contributed by atoms with Gasteiger partial charge in [0.1, 0.15) is 5.82 Å². The van der Waals surface area contributed by atoms with E-state index in [1.165, 1.54) is 6.07 Å². The Hall–Kier alpha value is -2.53. The van der Waals surface area contributed by atoms with Crippen molar-refractivity contribution in [2.75, 3.05) is 23.7 Å². The van der Waals surface area contributed by atoms with Gasteiger partial charge in [-0.15, -0.1) is 0 Å². The summed E-state index contributed by atoms with van der Waals surface area (Å²) in [4.78, 5) is 11.5. The lowest BCUT2D eigenvalue weighted by Crippen LogP contribution is -2.44. The Morgan fingerprint density at radius 2 is 1.64 bits per heavy atom. The van der Waals surface area contributed by atoms with Gasteiger partial charge in [-0.05, 0) is 88.6 Å². The number of aliphatic hydroxyl groups is 1. The fourth-order valence-electron chi connectivity index (χ4n) is 6.15. The van der Waals surface area contributed by atoms with Crippen LogP contribution >= 0.6 is 0 Å². The first-order chi connectivity index (χ1) is 18.6. The van der Waals surface area contributed by atoms with E-state index < -0.39 is 17.7 Å². The molecule has 2 heterocycles. The molecule has 1 aliphatic heterocycles. The fraction of sp³-hybridized carbons (Fsp3) is 0.643. The molecule has 2 aliphatic carbocycles. The Morgan fingerprint density at radius 3 is 2.31 bits per heavy atom. The number of likely N-dealkylation sites (tertiary alicyclic amines) is 1. The number of anilines is 3. The van der Waals surface area contributed by atoms with Crippen molar-refractivity contribution in [3.63, 3.8) is 0 Å². The molecule has 3 N–H and O–H groups in total. The van der Waals surface area contributed by atoms with E-state index >= 15 is 0 Å². The third kappa shape index (κ3) is 7.16. The maximum atomic E-state index is 13.6. The molecule has 2 aromatic rings. The molecule has 2 saturated carbocycles. The van der Waals surface area contributed by atoms with Crippen LogP contribution in [-0.4, -0.2) is 57.2 Å². The molecule has 0 unspecified atom stereocenters. The molecule has 0 atom stereocenters. The highest BCUT2D eigenvalue weighted by Crippen LogP contribution is 2.39. The summed E-state index contributed by atoms with van der Waals surface area (Å²) in [6.45, 7) is 1.64. The number of hydrogen-bond acceptors (Lipinski definition) is 6. The number of nitrogens with zero attached hydrogens (tertiary/aromatic N) is 3. The highest BCUT2D eigenvalue weighted by molar-refractivity contribution is 5.58. The predicted octanol–water partition coefficient (Wildman–Crippen LogP) is 6.71. The lowest BCUT2D eigenvalue weighted by molar-refractivity contribution is -0.137. The van der Waals surface area contributed by atoms with Gasteiger partial charge in [-0.3, -0.25) is 0 Å². The minimum atomic E-state index is -4.45. The minimum Gasteiger partial charge on any atom is -0.393 e. The van der Waals surface area contributed by atoms with Crippen LogP contribution < -0.4 is 10.6 Å². The molecule has 1 aromatic carbocycles. The van der Waals surface area contributed by atoms with Crippen molar-refractivity contribution < 1.29 is 27.1 Å². The number of halogens is 5. The summed E-state index contributed by atoms with van der Waals surface area (Å²) in [5.41, 5.74) is 0.456. The summed E-state index contributed by atoms with van der Waals surface area (Å²) in [5, 5.41) is 16.4. The van der Waals surface area contributed by atoms with Crippen LogP contribution in [-0.2, 0) is 6.18 Å². The van der Waals surface area contributed by atoms with Gasteiger partial charge >= 0.3 is 6.18 Å². The average molecular weight is 554 g/mol.